The molecule has 3 rings (SSSR count). The molecule has 0 aliphatic carbocycles. The molecule has 9 heteroatoms. The van der Waals surface area contributed by atoms with Crippen molar-refractivity contribution in [1.29, 1.82) is 0 Å². The average molecular weight is 513 g/mol. The van der Waals surface area contributed by atoms with Gasteiger partial charge in [-0.15, -0.1) is 0 Å². The van der Waals surface area contributed by atoms with Crippen LogP contribution in [0.3, 0.4) is 0 Å². The van der Waals surface area contributed by atoms with Crippen molar-refractivity contribution in [2.24, 2.45) is 0 Å². The highest BCUT2D eigenvalue weighted by Gasteiger charge is 2.46. The normalized spacial score (nSPS) is 16.8. The van der Waals surface area contributed by atoms with Gasteiger partial charge in [-0.1, -0.05) is 6.92 Å². The van der Waals surface area contributed by atoms with Crippen LogP contribution in [0.25, 0.3) is 5.76 Å². The van der Waals surface area contributed by atoms with Crippen molar-refractivity contribution >= 4 is 17.4 Å². The summed E-state index contributed by atoms with van der Waals surface area (Å²) >= 11 is 0. The van der Waals surface area contributed by atoms with E-state index in [-0.39, 0.29) is 11.3 Å². The van der Waals surface area contributed by atoms with Crippen LogP contribution in [0, 0.1) is 0 Å². The number of nitrogens with zero attached hydrogens (tertiary/aromatic N) is 2. The number of ether oxygens (including phenoxy) is 4. The number of hydrogen-bond acceptors (Lipinski definition) is 8. The van der Waals surface area contributed by atoms with Crippen LogP contribution >= 0.6 is 0 Å². The van der Waals surface area contributed by atoms with E-state index >= 15 is 0 Å². The van der Waals surface area contributed by atoms with Gasteiger partial charge in [0.05, 0.1) is 39.6 Å². The Hall–Kier alpha value is -3.72. The van der Waals surface area contributed by atoms with E-state index in [2.05, 4.69) is 0 Å². The first-order chi connectivity index (χ1) is 17.8. The molecule has 0 aromatic heterocycles. The zero-order chi connectivity index (χ0) is 27.1. The number of rotatable bonds is 12. The zero-order valence-corrected chi connectivity index (χ0v) is 22.4. The number of aliphatic hydroxyl groups is 1. The number of benzene rings is 2. The Morgan fingerprint density at radius 3 is 2.14 bits per heavy atom. The lowest BCUT2D eigenvalue weighted by Gasteiger charge is -2.27. The van der Waals surface area contributed by atoms with Gasteiger partial charge in [0, 0.05) is 12.1 Å². The second-order valence-corrected chi connectivity index (χ2v) is 8.98. The fourth-order valence-corrected chi connectivity index (χ4v) is 4.36. The van der Waals surface area contributed by atoms with E-state index in [9.17, 15) is 14.7 Å². The van der Waals surface area contributed by atoms with Gasteiger partial charge < -0.3 is 33.9 Å². The van der Waals surface area contributed by atoms with Gasteiger partial charge in [-0.05, 0) is 75.4 Å². The number of methoxy groups -OCH3 is 3. The standard InChI is InChI=1S/C28H36N2O7/c1-7-15-37-20-11-9-18(10-12-20)25(31)23-24(30(28(33)26(23)32)14-8-13-29(2)3)19-16-21(34-4)27(36-6)22(17-19)35-5/h9-12,16-17,24,31H,7-8,13-15H2,1-6H3/b25-23+. The van der Waals surface area contributed by atoms with Crippen LogP contribution < -0.4 is 18.9 Å². The minimum absolute atomic E-state index is 0.00588. The van der Waals surface area contributed by atoms with E-state index in [1.165, 1.54) is 26.2 Å². The van der Waals surface area contributed by atoms with Gasteiger partial charge in [-0.25, -0.2) is 0 Å². The molecule has 1 atom stereocenters. The molecule has 0 radical (unpaired) electrons. The van der Waals surface area contributed by atoms with Gasteiger partial charge in [0.15, 0.2) is 11.5 Å². The molecule has 37 heavy (non-hydrogen) atoms. The Labute approximate surface area is 218 Å². The molecule has 2 aromatic rings. The predicted molar refractivity (Wildman–Crippen MR) is 141 cm³/mol. The van der Waals surface area contributed by atoms with Crippen LogP contribution in [0.5, 0.6) is 23.0 Å². The molecular weight excluding hydrogens is 476 g/mol. The van der Waals surface area contributed by atoms with Crippen LogP contribution in [0.15, 0.2) is 42.0 Å². The van der Waals surface area contributed by atoms with Crippen molar-refractivity contribution in [3.8, 4) is 23.0 Å². The Kier molecular flexibility index (Phi) is 9.41. The molecule has 1 N–H and O–H groups in total. The van der Waals surface area contributed by atoms with Crippen molar-refractivity contribution in [2.75, 3.05) is 55.1 Å². The lowest BCUT2D eigenvalue weighted by Crippen LogP contribution is -2.32. The first-order valence-electron chi connectivity index (χ1n) is 12.2. The summed E-state index contributed by atoms with van der Waals surface area (Å²) in [4.78, 5) is 30.0. The topological polar surface area (TPSA) is 97.8 Å². The molecular formula is C28H36N2O7. The van der Waals surface area contributed by atoms with E-state index < -0.39 is 17.7 Å². The fraction of sp³-hybridized carbons (Fsp3) is 0.429. The molecule has 2 aromatic carbocycles. The molecule has 1 amide bonds. The minimum atomic E-state index is -0.841. The molecule has 9 nitrogen and oxygen atoms in total. The van der Waals surface area contributed by atoms with Gasteiger partial charge in [0.2, 0.25) is 5.75 Å². The van der Waals surface area contributed by atoms with Crippen molar-refractivity contribution in [2.45, 2.75) is 25.8 Å². The maximum atomic E-state index is 13.3. The highest BCUT2D eigenvalue weighted by Crippen LogP contribution is 2.45. The lowest BCUT2D eigenvalue weighted by atomic mass is 9.94. The van der Waals surface area contributed by atoms with Crippen LogP contribution in [0.2, 0.25) is 0 Å². The number of carbonyl (C=O) groups is 2. The zero-order valence-electron chi connectivity index (χ0n) is 22.4. The molecule has 1 fully saturated rings. The molecule has 0 spiro atoms. The molecule has 1 heterocycles. The summed E-state index contributed by atoms with van der Waals surface area (Å²) in [6, 6.07) is 9.36. The van der Waals surface area contributed by atoms with Gasteiger partial charge in [0.1, 0.15) is 11.5 Å². The van der Waals surface area contributed by atoms with E-state index in [0.29, 0.717) is 53.7 Å². The molecule has 1 saturated heterocycles. The van der Waals surface area contributed by atoms with Gasteiger partial charge in [0.25, 0.3) is 11.7 Å². The molecule has 1 aliphatic heterocycles. The van der Waals surface area contributed by atoms with Crippen molar-refractivity contribution in [3.05, 3.63) is 53.1 Å². The first kappa shape index (κ1) is 27.9. The molecule has 0 saturated carbocycles. The highest BCUT2D eigenvalue weighted by atomic mass is 16.5. The second-order valence-electron chi connectivity index (χ2n) is 8.98. The smallest absolute Gasteiger partial charge is 0.295 e. The predicted octanol–water partition coefficient (Wildman–Crippen LogP) is 3.87. The van der Waals surface area contributed by atoms with Gasteiger partial charge in [-0.3, -0.25) is 9.59 Å². The van der Waals surface area contributed by atoms with Crippen molar-refractivity contribution in [3.63, 3.8) is 0 Å². The van der Waals surface area contributed by atoms with Crippen molar-refractivity contribution < 1.29 is 33.6 Å². The third-order valence-corrected chi connectivity index (χ3v) is 6.15. The number of amides is 1. The summed E-state index contributed by atoms with van der Waals surface area (Å²) in [7, 11) is 8.38. The molecule has 1 unspecified atom stereocenters. The van der Waals surface area contributed by atoms with Gasteiger partial charge in [-0.2, -0.15) is 0 Å². The Morgan fingerprint density at radius 1 is 1.00 bits per heavy atom. The second kappa shape index (κ2) is 12.5. The highest BCUT2D eigenvalue weighted by molar-refractivity contribution is 6.46. The van der Waals surface area contributed by atoms with E-state index in [1.54, 1.807) is 36.4 Å². The molecule has 0 bridgehead atoms. The number of Topliss-reactive ketones (excluding diaryl/α,β-unsaturated/α-hetero) is 1. The van der Waals surface area contributed by atoms with E-state index in [1.807, 2.05) is 25.9 Å². The summed E-state index contributed by atoms with van der Waals surface area (Å²) in [5.41, 5.74) is 0.974. The Bertz CT molecular complexity index is 1120. The average Bonchev–Trinajstić information content (AvgIpc) is 3.15. The molecule has 1 aliphatic rings. The van der Waals surface area contributed by atoms with Crippen LogP contribution in [0.4, 0.5) is 0 Å². The summed E-state index contributed by atoms with van der Waals surface area (Å²) in [6.45, 7) is 3.64. The fourth-order valence-electron chi connectivity index (χ4n) is 4.36. The third-order valence-electron chi connectivity index (χ3n) is 6.15. The summed E-state index contributed by atoms with van der Waals surface area (Å²) in [5.74, 6) is 0.148. The van der Waals surface area contributed by atoms with E-state index in [4.69, 9.17) is 18.9 Å². The number of likely N-dealkylation sites (tertiary alicyclic amines) is 1. The van der Waals surface area contributed by atoms with Crippen molar-refractivity contribution in [1.82, 2.24) is 9.80 Å². The molecule has 200 valence electrons. The first-order valence-corrected chi connectivity index (χ1v) is 12.2. The number of hydrogen-bond donors (Lipinski definition) is 1. The van der Waals surface area contributed by atoms with Crippen LogP contribution in [-0.4, -0.2) is 81.7 Å². The third kappa shape index (κ3) is 5.99. The van der Waals surface area contributed by atoms with E-state index in [0.717, 1.165) is 13.0 Å². The minimum Gasteiger partial charge on any atom is -0.507 e. The summed E-state index contributed by atoms with van der Waals surface area (Å²) < 4.78 is 22.1. The Morgan fingerprint density at radius 2 is 1.62 bits per heavy atom. The maximum absolute atomic E-state index is 13.3. The number of aliphatic hydroxyl groups excluding tert-OH is 1. The number of carbonyl (C=O) groups excluding carboxylic acids is 2. The monoisotopic (exact) mass is 512 g/mol. The largest absolute Gasteiger partial charge is 0.507 e. The summed E-state index contributed by atoms with van der Waals surface area (Å²) in [5, 5.41) is 11.3. The summed E-state index contributed by atoms with van der Waals surface area (Å²) in [6.07, 6.45) is 1.51. The van der Waals surface area contributed by atoms with Crippen LogP contribution in [0.1, 0.15) is 36.9 Å². The lowest BCUT2D eigenvalue weighted by molar-refractivity contribution is -0.139. The quantitative estimate of drug-likeness (QED) is 0.260. The van der Waals surface area contributed by atoms with Crippen LogP contribution in [-0.2, 0) is 9.59 Å². The van der Waals surface area contributed by atoms with Gasteiger partial charge >= 0.3 is 0 Å². The maximum Gasteiger partial charge on any atom is 0.295 e. The Balaban J connectivity index is 2.15. The number of ketones is 1. The SMILES string of the molecule is CCCOc1ccc(/C(O)=C2\C(=O)C(=O)N(CCCN(C)C)C2c2cc(OC)c(OC)c(OC)c2)cc1.